The van der Waals surface area contributed by atoms with E-state index >= 15 is 0 Å². The smallest absolute Gasteiger partial charge is 0.387 e. The highest BCUT2D eigenvalue weighted by Crippen LogP contribution is 2.19. The number of carbonyl (C=O) groups is 1. The van der Waals surface area contributed by atoms with Gasteiger partial charge in [-0.05, 0) is 44.6 Å². The quantitative estimate of drug-likeness (QED) is 0.724. The van der Waals surface area contributed by atoms with Crippen LogP contribution in [-0.2, 0) is 4.79 Å². The first-order chi connectivity index (χ1) is 9.52. The number of amides is 1. The van der Waals surface area contributed by atoms with Gasteiger partial charge in [-0.15, -0.1) is 12.4 Å². The van der Waals surface area contributed by atoms with E-state index in [4.69, 9.17) is 0 Å². The maximum absolute atomic E-state index is 12.0. The van der Waals surface area contributed by atoms with E-state index in [9.17, 15) is 13.6 Å². The molecule has 0 aromatic heterocycles. The molecule has 0 spiro atoms. The van der Waals surface area contributed by atoms with Gasteiger partial charge in [0.1, 0.15) is 5.75 Å². The van der Waals surface area contributed by atoms with Crippen molar-refractivity contribution in [2.75, 3.05) is 13.6 Å². The van der Waals surface area contributed by atoms with Crippen molar-refractivity contribution in [3.63, 3.8) is 0 Å². The van der Waals surface area contributed by atoms with Crippen LogP contribution in [0.5, 0.6) is 5.75 Å². The van der Waals surface area contributed by atoms with Crippen molar-refractivity contribution in [3.05, 3.63) is 29.8 Å². The Morgan fingerprint density at radius 2 is 1.90 bits per heavy atom. The van der Waals surface area contributed by atoms with Gasteiger partial charge in [-0.1, -0.05) is 12.1 Å². The van der Waals surface area contributed by atoms with Crippen LogP contribution >= 0.6 is 12.4 Å². The van der Waals surface area contributed by atoms with Crippen LogP contribution in [0.1, 0.15) is 31.4 Å². The molecule has 0 radical (unpaired) electrons. The number of ether oxygens (including phenoxy) is 1. The lowest BCUT2D eigenvalue weighted by Gasteiger charge is -2.15. The summed E-state index contributed by atoms with van der Waals surface area (Å²) in [7, 11) is 1.84. The molecule has 0 saturated carbocycles. The van der Waals surface area contributed by atoms with Crippen LogP contribution in [0.2, 0.25) is 0 Å². The number of hydrogen-bond donors (Lipinski definition) is 2. The largest absolute Gasteiger partial charge is 0.435 e. The lowest BCUT2D eigenvalue weighted by atomic mass is 10.1. The Morgan fingerprint density at radius 3 is 2.43 bits per heavy atom. The molecule has 120 valence electrons. The molecule has 1 rings (SSSR count). The molecule has 1 unspecified atom stereocenters. The normalized spacial score (nSPS) is 11.7. The van der Waals surface area contributed by atoms with Crippen LogP contribution in [0.4, 0.5) is 8.78 Å². The van der Waals surface area contributed by atoms with Crippen molar-refractivity contribution in [2.24, 2.45) is 0 Å². The second kappa shape index (κ2) is 10.3. The number of rotatable bonds is 8. The molecule has 1 amide bonds. The van der Waals surface area contributed by atoms with Gasteiger partial charge in [0.15, 0.2) is 0 Å². The molecular weight excluding hydrogens is 302 g/mol. The van der Waals surface area contributed by atoms with Crippen molar-refractivity contribution in [1.29, 1.82) is 0 Å². The van der Waals surface area contributed by atoms with E-state index in [1.54, 1.807) is 12.1 Å². The zero-order valence-corrected chi connectivity index (χ0v) is 12.9. The number of carbonyl (C=O) groups excluding carboxylic acids is 1. The van der Waals surface area contributed by atoms with E-state index in [0.29, 0.717) is 6.42 Å². The zero-order valence-electron chi connectivity index (χ0n) is 12.1. The number of alkyl halides is 2. The Kier molecular flexibility index (Phi) is 9.65. The van der Waals surface area contributed by atoms with Crippen LogP contribution < -0.4 is 15.4 Å². The summed E-state index contributed by atoms with van der Waals surface area (Å²) in [6.45, 7) is -0.189. The summed E-state index contributed by atoms with van der Waals surface area (Å²) in [5.41, 5.74) is 0.841. The summed E-state index contributed by atoms with van der Waals surface area (Å²) < 4.78 is 28.3. The summed E-state index contributed by atoms with van der Waals surface area (Å²) in [6, 6.07) is 6.08. The van der Waals surface area contributed by atoms with E-state index in [-0.39, 0.29) is 30.1 Å². The number of halogens is 3. The summed E-state index contributed by atoms with van der Waals surface area (Å²) in [5, 5.41) is 5.83. The monoisotopic (exact) mass is 322 g/mol. The predicted octanol–water partition coefficient (Wildman–Crippen LogP) is 2.89. The molecule has 0 heterocycles. The van der Waals surface area contributed by atoms with E-state index in [2.05, 4.69) is 15.4 Å². The molecule has 0 fully saturated rings. The van der Waals surface area contributed by atoms with Gasteiger partial charge in [-0.2, -0.15) is 8.78 Å². The van der Waals surface area contributed by atoms with Crippen LogP contribution in [0.25, 0.3) is 0 Å². The summed E-state index contributed by atoms with van der Waals surface area (Å²) in [4.78, 5) is 11.7. The van der Waals surface area contributed by atoms with Gasteiger partial charge in [0.25, 0.3) is 0 Å². The topological polar surface area (TPSA) is 50.4 Å². The van der Waals surface area contributed by atoms with Gasteiger partial charge >= 0.3 is 6.61 Å². The minimum absolute atomic E-state index is 0. The molecule has 0 saturated heterocycles. The molecule has 0 bridgehead atoms. The molecule has 1 atom stereocenters. The fourth-order valence-corrected chi connectivity index (χ4v) is 1.76. The number of nitrogens with one attached hydrogen (secondary N) is 2. The average molecular weight is 323 g/mol. The lowest BCUT2D eigenvalue weighted by Crippen LogP contribution is -2.27. The van der Waals surface area contributed by atoms with E-state index in [1.165, 1.54) is 12.1 Å². The lowest BCUT2D eigenvalue weighted by molar-refractivity contribution is -0.121. The van der Waals surface area contributed by atoms with Gasteiger partial charge in [-0.25, -0.2) is 0 Å². The first kappa shape index (κ1) is 19.6. The first-order valence-corrected chi connectivity index (χ1v) is 6.51. The van der Waals surface area contributed by atoms with Crippen LogP contribution in [0.15, 0.2) is 24.3 Å². The van der Waals surface area contributed by atoms with Gasteiger partial charge < -0.3 is 15.4 Å². The third-order valence-electron chi connectivity index (χ3n) is 2.81. The Morgan fingerprint density at radius 1 is 1.29 bits per heavy atom. The van der Waals surface area contributed by atoms with Gasteiger partial charge in [0.05, 0.1) is 6.04 Å². The summed E-state index contributed by atoms with van der Waals surface area (Å²) >= 11 is 0. The third kappa shape index (κ3) is 7.82. The van der Waals surface area contributed by atoms with Gasteiger partial charge in [0, 0.05) is 6.42 Å². The molecule has 1 aromatic rings. The molecule has 0 aliphatic carbocycles. The van der Waals surface area contributed by atoms with Gasteiger partial charge in [-0.3, -0.25) is 4.79 Å². The highest BCUT2D eigenvalue weighted by Gasteiger charge is 2.10. The summed E-state index contributed by atoms with van der Waals surface area (Å²) in [5.74, 6) is 0.0805. The predicted molar refractivity (Wildman–Crippen MR) is 80.0 cm³/mol. The van der Waals surface area contributed by atoms with E-state index < -0.39 is 6.61 Å². The van der Waals surface area contributed by atoms with E-state index in [1.807, 2.05) is 14.0 Å². The van der Waals surface area contributed by atoms with Crippen LogP contribution in [-0.4, -0.2) is 26.1 Å². The molecule has 0 aliphatic rings. The van der Waals surface area contributed by atoms with Crippen molar-refractivity contribution in [3.8, 4) is 5.75 Å². The highest BCUT2D eigenvalue weighted by atomic mass is 35.5. The second-order valence-electron chi connectivity index (χ2n) is 4.44. The molecule has 2 N–H and O–H groups in total. The van der Waals surface area contributed by atoms with Crippen molar-refractivity contribution >= 4 is 18.3 Å². The average Bonchev–Trinajstić information content (AvgIpc) is 2.39. The Balaban J connectivity index is 0.00000400. The SMILES string of the molecule is CNCCCC(=O)NC(C)c1ccc(OC(F)F)cc1.Cl. The van der Waals surface area contributed by atoms with Crippen LogP contribution in [0, 0.1) is 0 Å². The van der Waals surface area contributed by atoms with Crippen molar-refractivity contribution in [1.82, 2.24) is 10.6 Å². The number of benzene rings is 1. The third-order valence-corrected chi connectivity index (χ3v) is 2.81. The molecular formula is C14H21ClF2N2O2. The standard InChI is InChI=1S/C14H20F2N2O2.ClH/c1-10(18-13(19)4-3-9-17-2)11-5-7-12(8-6-11)20-14(15)16;/h5-8,10,14,17H,3-4,9H2,1-2H3,(H,18,19);1H. The minimum Gasteiger partial charge on any atom is -0.435 e. The zero-order chi connectivity index (χ0) is 15.0. The van der Waals surface area contributed by atoms with E-state index in [0.717, 1.165) is 18.5 Å². The Labute approximate surface area is 129 Å². The minimum atomic E-state index is -2.83. The fourth-order valence-electron chi connectivity index (χ4n) is 1.76. The molecule has 7 heteroatoms. The summed E-state index contributed by atoms with van der Waals surface area (Å²) in [6.07, 6.45) is 1.23. The molecule has 0 aliphatic heterocycles. The Hall–Kier alpha value is -1.40. The maximum atomic E-state index is 12.0. The number of hydrogen-bond acceptors (Lipinski definition) is 3. The molecule has 1 aromatic carbocycles. The van der Waals surface area contributed by atoms with Gasteiger partial charge in [0.2, 0.25) is 5.91 Å². The first-order valence-electron chi connectivity index (χ1n) is 6.51. The van der Waals surface area contributed by atoms with Crippen LogP contribution in [0.3, 0.4) is 0 Å². The molecule has 4 nitrogen and oxygen atoms in total. The maximum Gasteiger partial charge on any atom is 0.387 e. The second-order valence-corrected chi connectivity index (χ2v) is 4.44. The molecule has 21 heavy (non-hydrogen) atoms. The highest BCUT2D eigenvalue weighted by molar-refractivity contribution is 5.85. The van der Waals surface area contributed by atoms with Crippen molar-refractivity contribution < 1.29 is 18.3 Å². The van der Waals surface area contributed by atoms with Crippen molar-refractivity contribution in [2.45, 2.75) is 32.4 Å². The fraction of sp³-hybridized carbons (Fsp3) is 0.500. The Bertz CT molecular complexity index is 416.